The first kappa shape index (κ1) is 13.4. The van der Waals surface area contributed by atoms with Crippen molar-refractivity contribution in [1.82, 2.24) is 4.90 Å². The highest BCUT2D eigenvalue weighted by atomic mass is 15.2. The van der Waals surface area contributed by atoms with Gasteiger partial charge in [0.15, 0.2) is 0 Å². The van der Waals surface area contributed by atoms with Gasteiger partial charge in [-0.15, -0.1) is 0 Å². The lowest BCUT2D eigenvalue weighted by Crippen LogP contribution is -2.34. The van der Waals surface area contributed by atoms with Crippen LogP contribution >= 0.6 is 0 Å². The number of rotatable bonds is 6. The van der Waals surface area contributed by atoms with E-state index in [0.29, 0.717) is 0 Å². The van der Waals surface area contributed by atoms with E-state index < -0.39 is 0 Å². The minimum absolute atomic E-state index is 0.732. The first-order chi connectivity index (χ1) is 8.79. The van der Waals surface area contributed by atoms with Crippen molar-refractivity contribution < 1.29 is 0 Å². The van der Waals surface area contributed by atoms with Gasteiger partial charge in [-0.05, 0) is 56.5 Å². The van der Waals surface area contributed by atoms with Gasteiger partial charge < -0.3 is 10.6 Å². The zero-order chi connectivity index (χ0) is 12.8. The van der Waals surface area contributed by atoms with Crippen LogP contribution in [-0.4, -0.2) is 24.0 Å². The number of unbranched alkanes of at least 4 members (excludes halogenated alkanes) is 1. The van der Waals surface area contributed by atoms with E-state index in [1.54, 1.807) is 0 Å². The maximum atomic E-state index is 5.75. The van der Waals surface area contributed by atoms with Crippen molar-refractivity contribution in [2.45, 2.75) is 51.5 Å². The number of hydrogen-bond acceptors (Lipinski definition) is 2. The van der Waals surface area contributed by atoms with Crippen LogP contribution in [0, 0.1) is 0 Å². The molecule has 1 saturated heterocycles. The number of anilines is 1. The van der Waals surface area contributed by atoms with Crippen molar-refractivity contribution in [2.75, 3.05) is 18.8 Å². The van der Waals surface area contributed by atoms with Gasteiger partial charge in [-0.3, -0.25) is 0 Å². The van der Waals surface area contributed by atoms with E-state index in [-0.39, 0.29) is 0 Å². The van der Waals surface area contributed by atoms with Crippen LogP contribution < -0.4 is 5.73 Å². The molecule has 2 N–H and O–H groups in total. The Balaban J connectivity index is 1.97. The van der Waals surface area contributed by atoms with Crippen molar-refractivity contribution in [3.63, 3.8) is 0 Å². The zero-order valence-electron chi connectivity index (χ0n) is 11.6. The van der Waals surface area contributed by atoms with Gasteiger partial charge in [0, 0.05) is 11.7 Å². The lowest BCUT2D eigenvalue weighted by atomic mass is 9.99. The predicted molar refractivity (Wildman–Crippen MR) is 78.7 cm³/mol. The van der Waals surface area contributed by atoms with E-state index in [2.05, 4.69) is 24.0 Å². The van der Waals surface area contributed by atoms with E-state index >= 15 is 0 Å². The molecule has 1 aliphatic heterocycles. The lowest BCUT2D eigenvalue weighted by molar-refractivity contribution is 0.225. The van der Waals surface area contributed by atoms with Crippen LogP contribution in [-0.2, 0) is 6.42 Å². The Morgan fingerprint density at radius 1 is 1.17 bits per heavy atom. The van der Waals surface area contributed by atoms with Gasteiger partial charge in [-0.25, -0.2) is 0 Å². The second kappa shape index (κ2) is 6.79. The van der Waals surface area contributed by atoms with Crippen molar-refractivity contribution >= 4 is 5.69 Å². The number of nitrogens with zero attached hydrogens (tertiary/aromatic N) is 1. The molecule has 1 aromatic rings. The first-order valence-electron chi connectivity index (χ1n) is 7.38. The van der Waals surface area contributed by atoms with Gasteiger partial charge in [0.25, 0.3) is 0 Å². The molecule has 0 spiro atoms. The highest BCUT2D eigenvalue weighted by molar-refractivity contribution is 5.39. The molecule has 0 aliphatic carbocycles. The van der Waals surface area contributed by atoms with Gasteiger partial charge in [-0.2, -0.15) is 0 Å². The third kappa shape index (κ3) is 3.74. The summed E-state index contributed by atoms with van der Waals surface area (Å²) in [6, 6.07) is 9.15. The van der Waals surface area contributed by atoms with Gasteiger partial charge >= 0.3 is 0 Å². The minimum atomic E-state index is 0.732. The molecule has 0 amide bonds. The summed E-state index contributed by atoms with van der Waals surface area (Å²) < 4.78 is 0. The fourth-order valence-electron chi connectivity index (χ4n) is 2.89. The van der Waals surface area contributed by atoms with Crippen molar-refractivity contribution in [1.29, 1.82) is 0 Å². The van der Waals surface area contributed by atoms with Crippen LogP contribution in [0.3, 0.4) is 0 Å². The van der Waals surface area contributed by atoms with Gasteiger partial charge in [-0.1, -0.05) is 31.9 Å². The Hall–Kier alpha value is -1.02. The molecule has 1 fully saturated rings. The predicted octanol–water partition coefficient (Wildman–Crippen LogP) is 3.47. The molecule has 0 bridgehead atoms. The van der Waals surface area contributed by atoms with Crippen molar-refractivity contribution in [3.8, 4) is 0 Å². The molecule has 2 heteroatoms. The van der Waals surface area contributed by atoms with Crippen molar-refractivity contribution in [2.24, 2.45) is 0 Å². The summed E-state index contributed by atoms with van der Waals surface area (Å²) in [6.07, 6.45) is 7.91. The van der Waals surface area contributed by atoms with E-state index in [4.69, 9.17) is 5.73 Å². The summed E-state index contributed by atoms with van der Waals surface area (Å²) in [5, 5.41) is 0. The molecule has 18 heavy (non-hydrogen) atoms. The molecule has 0 saturated carbocycles. The van der Waals surface area contributed by atoms with Gasteiger partial charge in [0.2, 0.25) is 0 Å². The maximum Gasteiger partial charge on any atom is 0.0314 e. The third-order valence-electron chi connectivity index (χ3n) is 4.00. The average molecular weight is 246 g/mol. The maximum absolute atomic E-state index is 5.75. The molecule has 2 rings (SSSR count). The molecule has 100 valence electrons. The summed E-state index contributed by atoms with van der Waals surface area (Å²) in [5.74, 6) is 0. The van der Waals surface area contributed by atoms with Crippen LogP contribution in [0.4, 0.5) is 5.69 Å². The molecule has 1 aromatic carbocycles. The lowest BCUT2D eigenvalue weighted by Gasteiger charge is -2.27. The van der Waals surface area contributed by atoms with Crippen LogP contribution in [0.2, 0.25) is 0 Å². The average Bonchev–Trinajstić information content (AvgIpc) is 2.90. The molecule has 0 radical (unpaired) electrons. The zero-order valence-corrected chi connectivity index (χ0v) is 11.6. The van der Waals surface area contributed by atoms with Crippen LogP contribution in [0.15, 0.2) is 24.3 Å². The van der Waals surface area contributed by atoms with E-state index in [0.717, 1.165) is 11.7 Å². The SMILES string of the molecule is CCCCC(Cc1ccc(N)cc1)N1CCCC1. The van der Waals surface area contributed by atoms with Crippen LogP contribution in [0.25, 0.3) is 0 Å². The molecular weight excluding hydrogens is 220 g/mol. The molecule has 2 nitrogen and oxygen atoms in total. The Labute approximate surface area is 111 Å². The van der Waals surface area contributed by atoms with Crippen LogP contribution in [0.5, 0.6) is 0 Å². The van der Waals surface area contributed by atoms with E-state index in [9.17, 15) is 0 Å². The molecule has 0 aromatic heterocycles. The van der Waals surface area contributed by atoms with E-state index in [1.807, 2.05) is 12.1 Å². The smallest absolute Gasteiger partial charge is 0.0314 e. The fourth-order valence-corrected chi connectivity index (χ4v) is 2.89. The summed E-state index contributed by atoms with van der Waals surface area (Å²) in [5.41, 5.74) is 8.04. The van der Waals surface area contributed by atoms with E-state index in [1.165, 1.54) is 57.2 Å². The second-order valence-corrected chi connectivity index (χ2v) is 5.48. The summed E-state index contributed by atoms with van der Waals surface area (Å²) in [6.45, 7) is 4.87. The molecule has 1 atom stereocenters. The highest BCUT2D eigenvalue weighted by Gasteiger charge is 2.21. The monoisotopic (exact) mass is 246 g/mol. The Kier molecular flexibility index (Phi) is 5.06. The van der Waals surface area contributed by atoms with Gasteiger partial charge in [0.1, 0.15) is 0 Å². The Morgan fingerprint density at radius 3 is 2.44 bits per heavy atom. The fraction of sp³-hybridized carbons (Fsp3) is 0.625. The first-order valence-corrected chi connectivity index (χ1v) is 7.38. The summed E-state index contributed by atoms with van der Waals surface area (Å²) >= 11 is 0. The number of nitrogens with two attached hydrogens (primary N) is 1. The number of benzene rings is 1. The molecule has 1 heterocycles. The summed E-state index contributed by atoms with van der Waals surface area (Å²) in [7, 11) is 0. The largest absolute Gasteiger partial charge is 0.399 e. The molecule has 1 aliphatic rings. The number of hydrogen-bond donors (Lipinski definition) is 1. The quantitative estimate of drug-likeness (QED) is 0.779. The molecule has 1 unspecified atom stereocenters. The van der Waals surface area contributed by atoms with Gasteiger partial charge in [0.05, 0.1) is 0 Å². The standard InChI is InChI=1S/C16H26N2/c1-2-3-6-16(18-11-4-5-12-18)13-14-7-9-15(17)10-8-14/h7-10,16H,2-6,11-13,17H2,1H3. The normalized spacial score (nSPS) is 18.1. The Morgan fingerprint density at radius 2 is 1.83 bits per heavy atom. The molecular formula is C16H26N2. The highest BCUT2D eigenvalue weighted by Crippen LogP contribution is 2.20. The number of nitrogen functional groups attached to an aromatic ring is 1. The number of likely N-dealkylation sites (tertiary alicyclic amines) is 1. The minimum Gasteiger partial charge on any atom is -0.399 e. The van der Waals surface area contributed by atoms with Crippen molar-refractivity contribution in [3.05, 3.63) is 29.8 Å². The summed E-state index contributed by atoms with van der Waals surface area (Å²) in [4.78, 5) is 2.69. The van der Waals surface area contributed by atoms with Crippen LogP contribution in [0.1, 0.15) is 44.6 Å². The third-order valence-corrected chi connectivity index (χ3v) is 4.00. The topological polar surface area (TPSA) is 29.3 Å². The Bertz CT molecular complexity index is 339. The second-order valence-electron chi connectivity index (χ2n) is 5.48.